The minimum atomic E-state index is -4.95. The fraction of sp³-hybridized carbons (Fsp3) is 0.0870. The Morgan fingerprint density at radius 2 is 1.67 bits per heavy atom. The smallest absolute Gasteiger partial charge is 0.508 e. The van der Waals surface area contributed by atoms with Crippen LogP contribution in [0.4, 0.5) is 18.9 Å². The van der Waals surface area contributed by atoms with Crippen molar-refractivity contribution in [1.29, 1.82) is 0 Å². The second-order valence-electron chi connectivity index (χ2n) is 7.04. The summed E-state index contributed by atoms with van der Waals surface area (Å²) in [4.78, 5) is 30.8. The number of aromatic hydroxyl groups is 1. The number of carbonyl (C=O) groups excluding carboxylic acids is 2. The standard InChI is InChI=1S/C23H15F3N2O5/c24-23(25,26)33-17-3-1-2-15(12-17)28-19(13-4-6-16(29)7-5-13)18(21(31)22(28)32)20(30)14-8-10-27-11-9-14/h1-12,19,29-30H/b20-18+. The van der Waals surface area contributed by atoms with Crippen LogP contribution in [0.25, 0.3) is 5.76 Å². The number of ether oxygens (including phenoxy) is 1. The number of pyridine rings is 1. The third-order valence-corrected chi connectivity index (χ3v) is 4.94. The van der Waals surface area contributed by atoms with Crippen LogP contribution in [0.2, 0.25) is 0 Å². The van der Waals surface area contributed by atoms with E-state index in [9.17, 15) is 33.0 Å². The van der Waals surface area contributed by atoms with Gasteiger partial charge < -0.3 is 14.9 Å². The minimum absolute atomic E-state index is 0.0503. The Balaban J connectivity index is 1.89. The number of alkyl halides is 3. The van der Waals surface area contributed by atoms with E-state index < -0.39 is 35.6 Å². The second-order valence-corrected chi connectivity index (χ2v) is 7.04. The Morgan fingerprint density at radius 1 is 1.00 bits per heavy atom. The number of aromatic nitrogens is 1. The number of amides is 1. The van der Waals surface area contributed by atoms with E-state index >= 15 is 0 Å². The Hall–Kier alpha value is -4.34. The van der Waals surface area contributed by atoms with Crippen LogP contribution in [0.5, 0.6) is 11.5 Å². The lowest BCUT2D eigenvalue weighted by molar-refractivity contribution is -0.274. The minimum Gasteiger partial charge on any atom is -0.508 e. The van der Waals surface area contributed by atoms with Gasteiger partial charge in [-0.05, 0) is 42.0 Å². The fourth-order valence-electron chi connectivity index (χ4n) is 3.57. The van der Waals surface area contributed by atoms with Gasteiger partial charge in [-0.3, -0.25) is 19.5 Å². The number of phenols is 1. The quantitative estimate of drug-likeness (QED) is 0.345. The number of hydrogen-bond donors (Lipinski definition) is 2. The zero-order chi connectivity index (χ0) is 23.8. The number of anilines is 1. The summed E-state index contributed by atoms with van der Waals surface area (Å²) in [5, 5.41) is 20.5. The predicted molar refractivity (Wildman–Crippen MR) is 110 cm³/mol. The highest BCUT2D eigenvalue weighted by Crippen LogP contribution is 2.43. The number of nitrogens with zero attached hydrogens (tertiary/aromatic N) is 2. The van der Waals surface area contributed by atoms with Gasteiger partial charge in [-0.25, -0.2) is 0 Å². The zero-order valence-electron chi connectivity index (χ0n) is 16.7. The van der Waals surface area contributed by atoms with Gasteiger partial charge in [-0.15, -0.1) is 13.2 Å². The normalized spacial score (nSPS) is 17.9. The molecule has 0 spiro atoms. The van der Waals surface area contributed by atoms with Crippen molar-refractivity contribution >= 4 is 23.1 Å². The van der Waals surface area contributed by atoms with Crippen molar-refractivity contribution in [2.45, 2.75) is 12.4 Å². The molecular formula is C23H15F3N2O5. The van der Waals surface area contributed by atoms with Crippen LogP contribution in [0.1, 0.15) is 17.2 Å². The summed E-state index contributed by atoms with van der Waals surface area (Å²) in [5.74, 6) is -3.21. The molecule has 33 heavy (non-hydrogen) atoms. The number of carbonyl (C=O) groups is 2. The lowest BCUT2D eigenvalue weighted by atomic mass is 9.95. The molecule has 0 saturated carbocycles. The number of hydrogen-bond acceptors (Lipinski definition) is 6. The van der Waals surface area contributed by atoms with Gasteiger partial charge in [0.2, 0.25) is 0 Å². The van der Waals surface area contributed by atoms with Crippen LogP contribution < -0.4 is 9.64 Å². The van der Waals surface area contributed by atoms with Crippen molar-refractivity contribution in [3.63, 3.8) is 0 Å². The Kier molecular flexibility index (Phi) is 5.50. The molecular weight excluding hydrogens is 441 g/mol. The highest BCUT2D eigenvalue weighted by molar-refractivity contribution is 6.51. The molecule has 1 unspecified atom stereocenters. The summed E-state index contributed by atoms with van der Waals surface area (Å²) in [6, 6.07) is 11.8. The molecule has 2 aromatic carbocycles. The van der Waals surface area contributed by atoms with Crippen molar-refractivity contribution in [3.05, 3.63) is 89.8 Å². The molecule has 2 heterocycles. The van der Waals surface area contributed by atoms with Gasteiger partial charge in [-0.1, -0.05) is 18.2 Å². The zero-order valence-corrected chi connectivity index (χ0v) is 16.7. The first-order valence-corrected chi connectivity index (χ1v) is 9.52. The van der Waals surface area contributed by atoms with E-state index in [-0.39, 0.29) is 22.6 Å². The number of Topliss-reactive ketones (excluding diaryl/α,β-unsaturated/α-hetero) is 1. The number of aliphatic hydroxyl groups is 1. The molecule has 1 aromatic heterocycles. The van der Waals surface area contributed by atoms with Gasteiger partial charge in [0.15, 0.2) is 0 Å². The molecule has 3 aromatic rings. The lowest BCUT2D eigenvalue weighted by Crippen LogP contribution is -2.29. The van der Waals surface area contributed by atoms with Crippen molar-refractivity contribution in [2.75, 3.05) is 4.90 Å². The van der Waals surface area contributed by atoms with Gasteiger partial charge in [0.1, 0.15) is 17.3 Å². The van der Waals surface area contributed by atoms with Gasteiger partial charge in [-0.2, -0.15) is 0 Å². The number of phenolic OH excluding ortho intramolecular Hbond substituents is 1. The topological polar surface area (TPSA) is 100.0 Å². The van der Waals surface area contributed by atoms with Crippen LogP contribution >= 0.6 is 0 Å². The monoisotopic (exact) mass is 456 g/mol. The fourth-order valence-corrected chi connectivity index (χ4v) is 3.57. The SMILES string of the molecule is O=C1C(=O)N(c2cccc(OC(F)(F)F)c2)C(c2ccc(O)cc2)/C1=C(\O)c1ccncc1. The maximum Gasteiger partial charge on any atom is 0.573 e. The van der Waals surface area contributed by atoms with Gasteiger partial charge in [0, 0.05) is 29.7 Å². The molecule has 1 aliphatic heterocycles. The van der Waals surface area contributed by atoms with Gasteiger partial charge >= 0.3 is 6.36 Å². The summed E-state index contributed by atoms with van der Waals surface area (Å²) in [7, 11) is 0. The molecule has 1 saturated heterocycles. The first kappa shape index (κ1) is 21.9. The van der Waals surface area contributed by atoms with Crippen LogP contribution in [0.15, 0.2) is 78.6 Å². The molecule has 1 atom stereocenters. The Labute approximate surface area is 185 Å². The summed E-state index contributed by atoms with van der Waals surface area (Å²) < 4.78 is 42.0. The molecule has 0 radical (unpaired) electrons. The third-order valence-electron chi connectivity index (χ3n) is 4.94. The second kappa shape index (κ2) is 8.30. The van der Waals surface area contributed by atoms with Crippen molar-refractivity contribution in [2.24, 2.45) is 0 Å². The molecule has 1 aliphatic rings. The first-order chi connectivity index (χ1) is 15.7. The molecule has 1 amide bonds. The Morgan fingerprint density at radius 3 is 2.30 bits per heavy atom. The first-order valence-electron chi connectivity index (χ1n) is 9.52. The maximum atomic E-state index is 13.0. The summed E-state index contributed by atoms with van der Waals surface area (Å²) in [6.45, 7) is 0. The van der Waals surface area contributed by atoms with Gasteiger partial charge in [0.25, 0.3) is 11.7 Å². The van der Waals surface area contributed by atoms with Crippen LogP contribution in [0, 0.1) is 0 Å². The molecule has 4 rings (SSSR count). The van der Waals surface area contributed by atoms with E-state index in [0.29, 0.717) is 5.56 Å². The summed E-state index contributed by atoms with van der Waals surface area (Å²) >= 11 is 0. The van der Waals surface area contributed by atoms with E-state index in [4.69, 9.17) is 0 Å². The van der Waals surface area contributed by atoms with Crippen LogP contribution in [-0.4, -0.2) is 33.2 Å². The van der Waals surface area contributed by atoms with Crippen molar-refractivity contribution in [1.82, 2.24) is 4.98 Å². The highest BCUT2D eigenvalue weighted by atomic mass is 19.4. The van der Waals surface area contributed by atoms with Gasteiger partial charge in [0.05, 0.1) is 11.6 Å². The number of benzene rings is 2. The van der Waals surface area contributed by atoms with E-state index in [1.54, 1.807) is 0 Å². The average molecular weight is 456 g/mol. The number of halogens is 3. The average Bonchev–Trinajstić information content (AvgIpc) is 3.04. The van der Waals surface area contributed by atoms with E-state index in [1.807, 2.05) is 0 Å². The molecule has 0 aliphatic carbocycles. The molecule has 168 valence electrons. The molecule has 2 N–H and O–H groups in total. The molecule has 0 bridgehead atoms. The molecule has 7 nitrogen and oxygen atoms in total. The van der Waals surface area contributed by atoms with Crippen molar-refractivity contribution in [3.8, 4) is 11.5 Å². The van der Waals surface area contributed by atoms with Crippen molar-refractivity contribution < 1.29 is 37.7 Å². The predicted octanol–water partition coefficient (Wildman–Crippen LogP) is 4.31. The van der Waals surface area contributed by atoms with Crippen LogP contribution in [0.3, 0.4) is 0 Å². The summed E-state index contributed by atoms with van der Waals surface area (Å²) in [5.41, 5.74) is 0.246. The molecule has 10 heteroatoms. The van der Waals surface area contributed by atoms with Crippen LogP contribution in [-0.2, 0) is 9.59 Å². The third kappa shape index (κ3) is 4.36. The summed E-state index contributed by atoms with van der Waals surface area (Å²) in [6.07, 6.45) is -2.18. The van der Waals surface area contributed by atoms with E-state index in [1.165, 1.54) is 60.9 Å². The number of aliphatic hydroxyl groups excluding tert-OH is 1. The van der Waals surface area contributed by atoms with E-state index in [0.717, 1.165) is 17.0 Å². The maximum absolute atomic E-state index is 13.0. The molecule has 1 fully saturated rings. The van der Waals surface area contributed by atoms with E-state index in [2.05, 4.69) is 9.72 Å². The lowest BCUT2D eigenvalue weighted by Gasteiger charge is -2.26. The highest BCUT2D eigenvalue weighted by Gasteiger charge is 2.47. The largest absolute Gasteiger partial charge is 0.573 e. The number of ketones is 1. The number of rotatable bonds is 4. The Bertz CT molecular complexity index is 1240.